The fourth-order valence-electron chi connectivity index (χ4n) is 2.67. The Morgan fingerprint density at radius 1 is 1.53 bits per heavy atom. The van der Waals surface area contributed by atoms with Crippen molar-refractivity contribution in [3.05, 3.63) is 29.3 Å². The Morgan fingerprint density at radius 3 is 2.94 bits per heavy atom. The van der Waals surface area contributed by atoms with Crippen LogP contribution in [0.15, 0.2) is 18.2 Å². The summed E-state index contributed by atoms with van der Waals surface area (Å²) in [6.45, 7) is 4.30. The zero-order valence-electron chi connectivity index (χ0n) is 10.6. The van der Waals surface area contributed by atoms with Crippen molar-refractivity contribution in [2.45, 2.75) is 19.3 Å². The van der Waals surface area contributed by atoms with Gasteiger partial charge in [0.15, 0.2) is 0 Å². The molecule has 0 aliphatic carbocycles. The summed E-state index contributed by atoms with van der Waals surface area (Å²) in [6, 6.07) is 6.18. The van der Waals surface area contributed by atoms with Crippen LogP contribution >= 0.6 is 0 Å². The predicted octanol–water partition coefficient (Wildman–Crippen LogP) is 1.69. The van der Waals surface area contributed by atoms with Crippen molar-refractivity contribution >= 4 is 0 Å². The Kier molecular flexibility index (Phi) is 4.02. The van der Waals surface area contributed by atoms with Gasteiger partial charge in [-0.2, -0.15) is 0 Å². The molecule has 0 bridgehead atoms. The van der Waals surface area contributed by atoms with Crippen molar-refractivity contribution in [1.29, 1.82) is 0 Å². The monoisotopic (exact) mass is 235 g/mol. The van der Waals surface area contributed by atoms with Gasteiger partial charge in [-0.25, -0.2) is 0 Å². The van der Waals surface area contributed by atoms with Crippen molar-refractivity contribution in [3.8, 4) is 5.75 Å². The summed E-state index contributed by atoms with van der Waals surface area (Å²) in [5.41, 5.74) is 2.36. The molecule has 1 aromatic carbocycles. The zero-order chi connectivity index (χ0) is 12.3. The molecule has 1 aliphatic rings. The Bertz CT molecular complexity index is 372. The van der Waals surface area contributed by atoms with E-state index in [1.807, 2.05) is 12.1 Å². The Morgan fingerprint density at radius 2 is 2.35 bits per heavy atom. The standard InChI is InChI=1S/C14H21NO2/c1-10-3-4-14(17-2)12(7-10)13(9-16)11-5-6-15-8-11/h3-4,7,11,13,15-16H,5-6,8-9H2,1-2H3. The number of aliphatic hydroxyl groups excluding tert-OH is 1. The maximum Gasteiger partial charge on any atom is 0.122 e. The summed E-state index contributed by atoms with van der Waals surface area (Å²) in [4.78, 5) is 0. The molecule has 94 valence electrons. The Labute approximate surface area is 103 Å². The molecular weight excluding hydrogens is 214 g/mol. The topological polar surface area (TPSA) is 41.5 Å². The van der Waals surface area contributed by atoms with Crippen LogP contribution in [0.1, 0.15) is 23.5 Å². The van der Waals surface area contributed by atoms with E-state index in [-0.39, 0.29) is 12.5 Å². The van der Waals surface area contributed by atoms with Crippen LogP contribution in [0.4, 0.5) is 0 Å². The first-order valence-electron chi connectivity index (χ1n) is 6.22. The SMILES string of the molecule is COc1ccc(C)cc1C(CO)C1CCNC1. The van der Waals surface area contributed by atoms with Crippen LogP contribution in [0.3, 0.4) is 0 Å². The number of benzene rings is 1. The molecule has 2 unspecified atom stereocenters. The smallest absolute Gasteiger partial charge is 0.122 e. The second-order valence-corrected chi connectivity index (χ2v) is 4.79. The van der Waals surface area contributed by atoms with Gasteiger partial charge in [0.2, 0.25) is 0 Å². The first-order valence-corrected chi connectivity index (χ1v) is 6.22. The molecule has 1 heterocycles. The average Bonchev–Trinajstić information content (AvgIpc) is 2.84. The number of aryl methyl sites for hydroxylation is 1. The lowest BCUT2D eigenvalue weighted by Gasteiger charge is -2.23. The second-order valence-electron chi connectivity index (χ2n) is 4.79. The van der Waals surface area contributed by atoms with E-state index in [1.54, 1.807) is 7.11 Å². The van der Waals surface area contributed by atoms with Gasteiger partial charge in [0.25, 0.3) is 0 Å². The molecule has 3 heteroatoms. The molecule has 0 radical (unpaired) electrons. The molecule has 1 aromatic rings. The van der Waals surface area contributed by atoms with E-state index in [9.17, 15) is 5.11 Å². The molecule has 1 aliphatic heterocycles. The number of hydrogen-bond acceptors (Lipinski definition) is 3. The van der Waals surface area contributed by atoms with Gasteiger partial charge >= 0.3 is 0 Å². The molecule has 0 spiro atoms. The lowest BCUT2D eigenvalue weighted by atomic mass is 9.85. The van der Waals surface area contributed by atoms with Crippen molar-refractivity contribution in [2.75, 3.05) is 26.8 Å². The molecule has 2 N–H and O–H groups in total. The number of ether oxygens (including phenoxy) is 1. The fraction of sp³-hybridized carbons (Fsp3) is 0.571. The van der Waals surface area contributed by atoms with Gasteiger partial charge < -0.3 is 15.2 Å². The highest BCUT2D eigenvalue weighted by molar-refractivity contribution is 5.40. The number of rotatable bonds is 4. The lowest BCUT2D eigenvalue weighted by Crippen LogP contribution is -2.20. The molecule has 3 nitrogen and oxygen atoms in total. The van der Waals surface area contributed by atoms with Crippen LogP contribution < -0.4 is 10.1 Å². The van der Waals surface area contributed by atoms with Gasteiger partial charge in [0, 0.05) is 11.5 Å². The third kappa shape index (κ3) is 2.61. The van der Waals surface area contributed by atoms with E-state index < -0.39 is 0 Å². The first kappa shape index (κ1) is 12.4. The third-order valence-electron chi connectivity index (χ3n) is 3.65. The minimum atomic E-state index is 0.180. The van der Waals surface area contributed by atoms with Crippen LogP contribution in [-0.2, 0) is 0 Å². The highest BCUT2D eigenvalue weighted by atomic mass is 16.5. The molecule has 0 amide bonds. The normalized spacial score (nSPS) is 21.5. The number of methoxy groups -OCH3 is 1. The van der Waals surface area contributed by atoms with Gasteiger partial charge in [-0.1, -0.05) is 17.7 Å². The van der Waals surface area contributed by atoms with Crippen LogP contribution in [0.2, 0.25) is 0 Å². The van der Waals surface area contributed by atoms with Gasteiger partial charge in [-0.15, -0.1) is 0 Å². The molecule has 1 saturated heterocycles. The highest BCUT2D eigenvalue weighted by Gasteiger charge is 2.27. The quantitative estimate of drug-likeness (QED) is 0.834. The summed E-state index contributed by atoms with van der Waals surface area (Å²) in [5.74, 6) is 1.58. The van der Waals surface area contributed by atoms with Crippen LogP contribution in [0.5, 0.6) is 5.75 Å². The summed E-state index contributed by atoms with van der Waals surface area (Å²) in [5, 5.41) is 13.0. The summed E-state index contributed by atoms with van der Waals surface area (Å²) in [6.07, 6.45) is 1.13. The first-order chi connectivity index (χ1) is 8.26. The van der Waals surface area contributed by atoms with Crippen molar-refractivity contribution in [3.63, 3.8) is 0 Å². The molecule has 17 heavy (non-hydrogen) atoms. The summed E-state index contributed by atoms with van der Waals surface area (Å²) >= 11 is 0. The number of aliphatic hydroxyl groups is 1. The average molecular weight is 235 g/mol. The van der Waals surface area contributed by atoms with E-state index in [4.69, 9.17) is 4.74 Å². The third-order valence-corrected chi connectivity index (χ3v) is 3.65. The second kappa shape index (κ2) is 5.52. The van der Waals surface area contributed by atoms with Gasteiger partial charge in [-0.3, -0.25) is 0 Å². The van der Waals surface area contributed by atoms with Gasteiger partial charge in [0.05, 0.1) is 13.7 Å². The van der Waals surface area contributed by atoms with E-state index >= 15 is 0 Å². The van der Waals surface area contributed by atoms with Gasteiger partial charge in [-0.05, 0) is 38.4 Å². The predicted molar refractivity (Wildman–Crippen MR) is 68.5 cm³/mol. The van der Waals surface area contributed by atoms with Crippen molar-refractivity contribution in [2.24, 2.45) is 5.92 Å². The Balaban J connectivity index is 2.31. The highest BCUT2D eigenvalue weighted by Crippen LogP contribution is 2.35. The molecule has 2 rings (SSSR count). The number of nitrogens with one attached hydrogen (secondary N) is 1. The fourth-order valence-corrected chi connectivity index (χ4v) is 2.67. The molecular formula is C14H21NO2. The van der Waals surface area contributed by atoms with E-state index in [1.165, 1.54) is 5.56 Å². The number of hydrogen-bond donors (Lipinski definition) is 2. The molecule has 1 fully saturated rings. The van der Waals surface area contributed by atoms with Crippen molar-refractivity contribution in [1.82, 2.24) is 5.32 Å². The summed E-state index contributed by atoms with van der Waals surface area (Å²) < 4.78 is 5.41. The van der Waals surface area contributed by atoms with Crippen LogP contribution in [-0.4, -0.2) is 31.9 Å². The Hall–Kier alpha value is -1.06. The maximum absolute atomic E-state index is 9.67. The van der Waals surface area contributed by atoms with E-state index in [2.05, 4.69) is 18.3 Å². The maximum atomic E-state index is 9.67. The van der Waals surface area contributed by atoms with Crippen LogP contribution in [0, 0.1) is 12.8 Å². The zero-order valence-corrected chi connectivity index (χ0v) is 10.6. The largest absolute Gasteiger partial charge is 0.496 e. The van der Waals surface area contributed by atoms with Gasteiger partial charge in [0.1, 0.15) is 5.75 Å². The van der Waals surface area contributed by atoms with E-state index in [0.717, 1.165) is 30.8 Å². The van der Waals surface area contributed by atoms with Crippen molar-refractivity contribution < 1.29 is 9.84 Å². The molecule has 0 saturated carbocycles. The molecule has 0 aromatic heterocycles. The molecule has 2 atom stereocenters. The van der Waals surface area contributed by atoms with E-state index in [0.29, 0.717) is 5.92 Å². The summed E-state index contributed by atoms with van der Waals surface area (Å²) in [7, 11) is 1.69. The van der Waals surface area contributed by atoms with Crippen LogP contribution in [0.25, 0.3) is 0 Å². The minimum absolute atomic E-state index is 0.180. The lowest BCUT2D eigenvalue weighted by molar-refractivity contribution is 0.227. The minimum Gasteiger partial charge on any atom is -0.496 e.